The molecule has 0 saturated carbocycles. The number of benzene rings is 2. The van der Waals surface area contributed by atoms with Gasteiger partial charge in [-0.1, -0.05) is 60.7 Å². The number of aromatic nitrogens is 1. The van der Waals surface area contributed by atoms with Crippen LogP contribution in [-0.2, 0) is 0 Å². The van der Waals surface area contributed by atoms with E-state index in [2.05, 4.69) is 4.98 Å². The van der Waals surface area contributed by atoms with Gasteiger partial charge in [-0.2, -0.15) is 0 Å². The van der Waals surface area contributed by atoms with Gasteiger partial charge in [-0.15, -0.1) is 0 Å². The molecule has 2 aromatic carbocycles. The molecule has 0 fully saturated rings. The second-order valence-electron chi connectivity index (χ2n) is 4.63. The fourth-order valence-corrected chi connectivity index (χ4v) is 2.22. The molecule has 3 nitrogen and oxygen atoms in total. The second-order valence-corrected chi connectivity index (χ2v) is 4.63. The Labute approximate surface area is 117 Å². The maximum Gasteiger partial charge on any atom is 0.192 e. The summed E-state index contributed by atoms with van der Waals surface area (Å²) in [7, 11) is 0. The lowest BCUT2D eigenvalue weighted by Gasteiger charge is -2.09. The maximum atomic E-state index is 10.5. The Morgan fingerprint density at radius 2 is 1.55 bits per heavy atom. The number of aryl methyl sites for hydroxylation is 1. The van der Waals surface area contributed by atoms with Crippen LogP contribution in [0.25, 0.3) is 11.3 Å². The molecule has 3 rings (SSSR count). The van der Waals surface area contributed by atoms with Crippen molar-refractivity contribution in [3.05, 3.63) is 77.8 Å². The lowest BCUT2D eigenvalue weighted by Crippen LogP contribution is -2.01. The number of nitrogens with zero attached hydrogens (tertiary/aromatic N) is 1. The third-order valence-corrected chi connectivity index (χ3v) is 3.17. The molecule has 0 bridgehead atoms. The fraction of sp³-hybridized carbons (Fsp3) is 0.118. The Hall–Kier alpha value is -2.39. The van der Waals surface area contributed by atoms with Crippen molar-refractivity contribution in [1.82, 2.24) is 4.98 Å². The Kier molecular flexibility index (Phi) is 3.35. The quantitative estimate of drug-likeness (QED) is 0.784. The molecule has 1 heterocycles. The van der Waals surface area contributed by atoms with Crippen molar-refractivity contribution in [1.29, 1.82) is 0 Å². The molecule has 0 amide bonds. The summed E-state index contributed by atoms with van der Waals surface area (Å²) in [6.07, 6.45) is -0.788. The molecular weight excluding hydrogens is 250 g/mol. The van der Waals surface area contributed by atoms with Crippen LogP contribution in [0.3, 0.4) is 0 Å². The SMILES string of the molecule is Cc1nc([C@H](O)c2ccccc2)c(-c2ccccc2)o1. The lowest BCUT2D eigenvalue weighted by atomic mass is 10.0. The van der Waals surface area contributed by atoms with Gasteiger partial charge in [0.1, 0.15) is 11.8 Å². The van der Waals surface area contributed by atoms with E-state index in [4.69, 9.17) is 4.42 Å². The number of oxazole rings is 1. The van der Waals surface area contributed by atoms with Crippen LogP contribution in [0, 0.1) is 6.92 Å². The minimum Gasteiger partial charge on any atom is -0.441 e. The van der Waals surface area contributed by atoms with Gasteiger partial charge in [0.15, 0.2) is 11.7 Å². The van der Waals surface area contributed by atoms with Gasteiger partial charge in [-0.05, 0) is 5.56 Å². The number of hydrogen-bond acceptors (Lipinski definition) is 3. The highest BCUT2D eigenvalue weighted by atomic mass is 16.4. The average molecular weight is 265 g/mol. The molecule has 0 aliphatic heterocycles. The van der Waals surface area contributed by atoms with Gasteiger partial charge < -0.3 is 9.52 Å². The minimum atomic E-state index is -0.788. The highest BCUT2D eigenvalue weighted by molar-refractivity contribution is 5.61. The van der Waals surface area contributed by atoms with Crippen LogP contribution in [0.15, 0.2) is 65.1 Å². The third kappa shape index (κ3) is 2.36. The van der Waals surface area contributed by atoms with E-state index in [9.17, 15) is 5.11 Å². The third-order valence-electron chi connectivity index (χ3n) is 3.17. The van der Waals surface area contributed by atoms with Crippen molar-refractivity contribution >= 4 is 0 Å². The zero-order valence-corrected chi connectivity index (χ0v) is 11.2. The topological polar surface area (TPSA) is 46.3 Å². The summed E-state index contributed by atoms with van der Waals surface area (Å²) < 4.78 is 5.67. The number of aliphatic hydroxyl groups is 1. The number of aliphatic hydroxyl groups excluding tert-OH is 1. The van der Waals surface area contributed by atoms with E-state index in [1.165, 1.54) is 0 Å². The first kappa shape index (κ1) is 12.6. The molecule has 3 heteroatoms. The number of hydrogen-bond donors (Lipinski definition) is 1. The Morgan fingerprint density at radius 1 is 0.950 bits per heavy atom. The molecule has 0 radical (unpaired) electrons. The van der Waals surface area contributed by atoms with Gasteiger partial charge in [-0.25, -0.2) is 4.98 Å². The molecule has 0 unspecified atom stereocenters. The highest BCUT2D eigenvalue weighted by Crippen LogP contribution is 2.31. The van der Waals surface area contributed by atoms with Crippen molar-refractivity contribution in [3.63, 3.8) is 0 Å². The average Bonchev–Trinajstić information content (AvgIpc) is 2.90. The van der Waals surface area contributed by atoms with Gasteiger partial charge in [0, 0.05) is 12.5 Å². The van der Waals surface area contributed by atoms with Crippen molar-refractivity contribution in [2.75, 3.05) is 0 Å². The smallest absolute Gasteiger partial charge is 0.192 e. The van der Waals surface area contributed by atoms with Gasteiger partial charge in [-0.3, -0.25) is 0 Å². The summed E-state index contributed by atoms with van der Waals surface area (Å²) in [5.74, 6) is 1.17. The van der Waals surface area contributed by atoms with E-state index in [-0.39, 0.29) is 0 Å². The molecule has 0 aliphatic carbocycles. The Morgan fingerprint density at radius 3 is 2.20 bits per heavy atom. The molecule has 0 spiro atoms. The van der Waals surface area contributed by atoms with Crippen LogP contribution < -0.4 is 0 Å². The predicted octanol–water partition coefficient (Wildman–Crippen LogP) is 3.73. The summed E-state index contributed by atoms with van der Waals surface area (Å²) in [6.45, 7) is 1.79. The maximum absolute atomic E-state index is 10.5. The highest BCUT2D eigenvalue weighted by Gasteiger charge is 2.21. The first-order chi connectivity index (χ1) is 9.75. The second kappa shape index (κ2) is 5.31. The Bertz CT molecular complexity index is 690. The van der Waals surface area contributed by atoms with Gasteiger partial charge >= 0.3 is 0 Å². The van der Waals surface area contributed by atoms with E-state index < -0.39 is 6.10 Å². The first-order valence-corrected chi connectivity index (χ1v) is 6.51. The molecular formula is C17H15NO2. The molecule has 1 N–H and O–H groups in total. The first-order valence-electron chi connectivity index (χ1n) is 6.51. The van der Waals surface area contributed by atoms with Crippen LogP contribution in [0.2, 0.25) is 0 Å². The van der Waals surface area contributed by atoms with Crippen LogP contribution in [0.4, 0.5) is 0 Å². The standard InChI is InChI=1S/C17H15NO2/c1-12-18-15(16(19)13-8-4-2-5-9-13)17(20-12)14-10-6-3-7-11-14/h2-11,16,19H,1H3/t16-/m1/s1. The van der Waals surface area contributed by atoms with E-state index in [1.54, 1.807) is 6.92 Å². The summed E-state index contributed by atoms with van der Waals surface area (Å²) in [5.41, 5.74) is 2.27. The summed E-state index contributed by atoms with van der Waals surface area (Å²) in [6, 6.07) is 19.2. The summed E-state index contributed by atoms with van der Waals surface area (Å²) >= 11 is 0. The molecule has 100 valence electrons. The van der Waals surface area contributed by atoms with Gasteiger partial charge in [0.25, 0.3) is 0 Å². The van der Waals surface area contributed by atoms with Crippen molar-refractivity contribution in [2.24, 2.45) is 0 Å². The van der Waals surface area contributed by atoms with Crippen molar-refractivity contribution in [2.45, 2.75) is 13.0 Å². The minimum absolute atomic E-state index is 0.550. The van der Waals surface area contributed by atoms with E-state index in [1.807, 2.05) is 60.7 Å². The van der Waals surface area contributed by atoms with Gasteiger partial charge in [0.05, 0.1) is 0 Å². The monoisotopic (exact) mass is 265 g/mol. The lowest BCUT2D eigenvalue weighted by molar-refractivity contribution is 0.216. The molecule has 3 aromatic rings. The Balaban J connectivity index is 2.07. The molecule has 1 atom stereocenters. The van der Waals surface area contributed by atoms with Crippen LogP contribution in [-0.4, -0.2) is 10.1 Å². The molecule has 1 aromatic heterocycles. The summed E-state index contributed by atoms with van der Waals surface area (Å²) in [4.78, 5) is 4.35. The van der Waals surface area contributed by atoms with E-state index >= 15 is 0 Å². The predicted molar refractivity (Wildman–Crippen MR) is 77.2 cm³/mol. The summed E-state index contributed by atoms with van der Waals surface area (Å²) in [5, 5.41) is 10.5. The molecule has 20 heavy (non-hydrogen) atoms. The molecule has 0 saturated heterocycles. The van der Waals surface area contributed by atoms with E-state index in [0.29, 0.717) is 17.3 Å². The number of rotatable bonds is 3. The van der Waals surface area contributed by atoms with Crippen molar-refractivity contribution < 1.29 is 9.52 Å². The normalized spacial score (nSPS) is 12.3. The zero-order chi connectivity index (χ0) is 13.9. The zero-order valence-electron chi connectivity index (χ0n) is 11.2. The van der Waals surface area contributed by atoms with Crippen molar-refractivity contribution in [3.8, 4) is 11.3 Å². The van der Waals surface area contributed by atoms with E-state index in [0.717, 1.165) is 11.1 Å². The molecule has 0 aliphatic rings. The van der Waals surface area contributed by atoms with Gasteiger partial charge in [0.2, 0.25) is 0 Å². The van der Waals surface area contributed by atoms with Crippen LogP contribution >= 0.6 is 0 Å². The fourth-order valence-electron chi connectivity index (χ4n) is 2.22. The van der Waals surface area contributed by atoms with Crippen LogP contribution in [0.5, 0.6) is 0 Å². The van der Waals surface area contributed by atoms with Crippen LogP contribution in [0.1, 0.15) is 23.3 Å². The largest absolute Gasteiger partial charge is 0.441 e.